The summed E-state index contributed by atoms with van der Waals surface area (Å²) in [7, 11) is 0. The number of rotatable bonds is 7. The van der Waals surface area contributed by atoms with Gasteiger partial charge in [0.1, 0.15) is 12.4 Å². The van der Waals surface area contributed by atoms with Gasteiger partial charge in [-0.2, -0.15) is 0 Å². The molecule has 0 unspecified atom stereocenters. The van der Waals surface area contributed by atoms with Gasteiger partial charge in [0.25, 0.3) is 5.91 Å². The van der Waals surface area contributed by atoms with Crippen LogP contribution >= 0.6 is 0 Å². The fourth-order valence-electron chi connectivity index (χ4n) is 2.56. The van der Waals surface area contributed by atoms with Crippen LogP contribution in [0.2, 0.25) is 0 Å². The summed E-state index contributed by atoms with van der Waals surface area (Å²) in [6, 6.07) is 15.4. The molecule has 0 fully saturated rings. The molecule has 1 amide bonds. The molecule has 0 radical (unpaired) electrons. The van der Waals surface area contributed by atoms with Gasteiger partial charge in [-0.3, -0.25) is 14.6 Å². The van der Waals surface area contributed by atoms with E-state index in [1.54, 1.807) is 30.6 Å². The number of halogens is 1. The number of pyridine rings is 1. The lowest BCUT2D eigenvalue weighted by molar-refractivity contribution is 0.0232. The Morgan fingerprint density at radius 1 is 1.11 bits per heavy atom. The third kappa shape index (κ3) is 5.12. The van der Waals surface area contributed by atoms with Crippen LogP contribution in [0.4, 0.5) is 10.1 Å². The van der Waals surface area contributed by atoms with Gasteiger partial charge in [-0.25, -0.2) is 9.87 Å². The molecular weight excluding hydrogens is 345 g/mol. The van der Waals surface area contributed by atoms with Gasteiger partial charge in [-0.15, -0.1) is 0 Å². The maximum Gasteiger partial charge on any atom is 0.276 e. The molecule has 3 aromatic rings. The van der Waals surface area contributed by atoms with Gasteiger partial charge in [-0.1, -0.05) is 18.2 Å². The van der Waals surface area contributed by atoms with Crippen molar-refractivity contribution in [3.05, 3.63) is 95.1 Å². The molecule has 0 saturated carbocycles. The van der Waals surface area contributed by atoms with Crippen LogP contribution in [0.5, 0.6) is 0 Å². The van der Waals surface area contributed by atoms with Crippen LogP contribution in [0.25, 0.3) is 0 Å². The first-order valence-corrected chi connectivity index (χ1v) is 8.52. The second-order valence-corrected chi connectivity index (χ2v) is 6.05. The molecule has 138 valence electrons. The Morgan fingerprint density at radius 2 is 1.89 bits per heavy atom. The lowest BCUT2D eigenvalue weighted by atomic mass is 10.1. The SMILES string of the molecule is Cc1ccc(F)cc1CONC(=O)c1ccccc1NCc1ccncc1. The molecule has 5 nitrogen and oxygen atoms in total. The van der Waals surface area contributed by atoms with Crippen molar-refractivity contribution in [3.8, 4) is 0 Å². The first-order chi connectivity index (χ1) is 13.1. The number of aryl methyl sites for hydroxylation is 1. The summed E-state index contributed by atoms with van der Waals surface area (Å²) >= 11 is 0. The highest BCUT2D eigenvalue weighted by molar-refractivity contribution is 5.98. The van der Waals surface area contributed by atoms with Gasteiger partial charge >= 0.3 is 0 Å². The first-order valence-electron chi connectivity index (χ1n) is 8.52. The van der Waals surface area contributed by atoms with Gasteiger partial charge in [0.05, 0.1) is 5.56 Å². The van der Waals surface area contributed by atoms with Gasteiger partial charge in [0.15, 0.2) is 0 Å². The minimum absolute atomic E-state index is 0.0853. The number of para-hydroxylation sites is 1. The molecule has 2 N–H and O–H groups in total. The maximum absolute atomic E-state index is 13.3. The molecule has 2 aromatic carbocycles. The van der Waals surface area contributed by atoms with E-state index in [0.717, 1.165) is 11.1 Å². The van der Waals surface area contributed by atoms with E-state index >= 15 is 0 Å². The summed E-state index contributed by atoms with van der Waals surface area (Å²) in [6.45, 7) is 2.51. The summed E-state index contributed by atoms with van der Waals surface area (Å²) in [5.41, 5.74) is 6.20. The molecule has 27 heavy (non-hydrogen) atoms. The topological polar surface area (TPSA) is 63.2 Å². The lowest BCUT2D eigenvalue weighted by Crippen LogP contribution is -2.24. The van der Waals surface area contributed by atoms with E-state index in [4.69, 9.17) is 4.84 Å². The van der Waals surface area contributed by atoms with E-state index < -0.39 is 0 Å². The zero-order valence-corrected chi connectivity index (χ0v) is 14.9. The number of hydrogen-bond donors (Lipinski definition) is 2. The molecule has 0 spiro atoms. The highest BCUT2D eigenvalue weighted by atomic mass is 19.1. The minimum Gasteiger partial charge on any atom is -0.380 e. The Hall–Kier alpha value is -3.25. The van der Waals surface area contributed by atoms with E-state index in [0.29, 0.717) is 23.4 Å². The first kappa shape index (κ1) is 18.5. The van der Waals surface area contributed by atoms with Crippen LogP contribution < -0.4 is 10.8 Å². The lowest BCUT2D eigenvalue weighted by Gasteiger charge is -2.13. The Bertz CT molecular complexity index is 916. The molecule has 0 aliphatic carbocycles. The molecule has 1 heterocycles. The molecule has 0 bridgehead atoms. The predicted octanol–water partition coefficient (Wildman–Crippen LogP) is 4.00. The second-order valence-electron chi connectivity index (χ2n) is 6.05. The zero-order chi connectivity index (χ0) is 19.1. The second kappa shape index (κ2) is 8.91. The summed E-state index contributed by atoms with van der Waals surface area (Å²) in [6.07, 6.45) is 3.44. The molecular formula is C21H20FN3O2. The number of hydroxylamine groups is 1. The Morgan fingerprint density at radius 3 is 2.70 bits per heavy atom. The highest BCUT2D eigenvalue weighted by Gasteiger charge is 2.11. The standard InChI is InChI=1S/C21H20FN3O2/c1-15-6-7-18(22)12-17(15)14-27-25-21(26)19-4-2-3-5-20(19)24-13-16-8-10-23-11-9-16/h2-12,24H,13-14H2,1H3,(H,25,26). The summed E-state index contributed by atoms with van der Waals surface area (Å²) in [4.78, 5) is 21.7. The van der Waals surface area contributed by atoms with Crippen molar-refractivity contribution >= 4 is 11.6 Å². The summed E-state index contributed by atoms with van der Waals surface area (Å²) in [5, 5.41) is 3.24. The molecule has 6 heteroatoms. The normalized spacial score (nSPS) is 10.4. The number of carbonyl (C=O) groups excluding carboxylic acids is 1. The third-order valence-corrected chi connectivity index (χ3v) is 4.11. The average molecular weight is 365 g/mol. The van der Waals surface area contributed by atoms with Gasteiger partial charge in [0, 0.05) is 24.6 Å². The number of anilines is 1. The van der Waals surface area contributed by atoms with Gasteiger partial charge in [0.2, 0.25) is 0 Å². The largest absolute Gasteiger partial charge is 0.380 e. The predicted molar refractivity (Wildman–Crippen MR) is 101 cm³/mol. The van der Waals surface area contributed by atoms with Crippen LogP contribution in [0.3, 0.4) is 0 Å². The molecule has 0 aliphatic rings. The molecule has 0 aliphatic heterocycles. The number of benzene rings is 2. The van der Waals surface area contributed by atoms with Crippen LogP contribution in [0, 0.1) is 12.7 Å². The van der Waals surface area contributed by atoms with Crippen molar-refractivity contribution in [2.75, 3.05) is 5.32 Å². The quantitative estimate of drug-likeness (QED) is 0.621. The van der Waals surface area contributed by atoms with Crippen molar-refractivity contribution in [3.63, 3.8) is 0 Å². The van der Waals surface area contributed by atoms with Crippen LogP contribution in [0.1, 0.15) is 27.0 Å². The summed E-state index contributed by atoms with van der Waals surface area (Å²) < 4.78 is 13.3. The Labute approximate surface area is 157 Å². The monoisotopic (exact) mass is 365 g/mol. The van der Waals surface area contributed by atoms with Crippen LogP contribution in [0.15, 0.2) is 67.0 Å². The number of nitrogens with zero attached hydrogens (tertiary/aromatic N) is 1. The minimum atomic E-state index is -0.373. The maximum atomic E-state index is 13.3. The van der Waals surface area contributed by atoms with Crippen molar-refractivity contribution < 1.29 is 14.0 Å². The fourth-order valence-corrected chi connectivity index (χ4v) is 2.56. The van der Waals surface area contributed by atoms with E-state index in [1.807, 2.05) is 31.2 Å². The molecule has 3 rings (SSSR count). The van der Waals surface area contributed by atoms with E-state index in [2.05, 4.69) is 15.8 Å². The van der Waals surface area contributed by atoms with Gasteiger partial charge < -0.3 is 5.32 Å². The van der Waals surface area contributed by atoms with Crippen molar-refractivity contribution in [2.45, 2.75) is 20.1 Å². The van der Waals surface area contributed by atoms with E-state index in [9.17, 15) is 9.18 Å². The molecule has 0 atom stereocenters. The number of nitrogens with one attached hydrogen (secondary N) is 2. The number of hydrogen-bond acceptors (Lipinski definition) is 4. The van der Waals surface area contributed by atoms with Crippen molar-refractivity contribution in [1.29, 1.82) is 0 Å². The number of aromatic nitrogens is 1. The summed E-state index contributed by atoms with van der Waals surface area (Å²) in [5.74, 6) is -0.710. The van der Waals surface area contributed by atoms with Crippen molar-refractivity contribution in [1.82, 2.24) is 10.5 Å². The molecule has 0 saturated heterocycles. The Kier molecular flexibility index (Phi) is 6.12. The Balaban J connectivity index is 1.60. The van der Waals surface area contributed by atoms with Gasteiger partial charge in [-0.05, 0) is 60.0 Å². The van der Waals surface area contributed by atoms with Crippen LogP contribution in [-0.2, 0) is 18.0 Å². The molecule has 1 aromatic heterocycles. The van der Waals surface area contributed by atoms with E-state index in [1.165, 1.54) is 12.1 Å². The fraction of sp³-hybridized carbons (Fsp3) is 0.143. The zero-order valence-electron chi connectivity index (χ0n) is 14.9. The highest BCUT2D eigenvalue weighted by Crippen LogP contribution is 2.16. The third-order valence-electron chi connectivity index (χ3n) is 4.11. The average Bonchev–Trinajstić information content (AvgIpc) is 2.70. The number of carbonyl (C=O) groups is 1. The number of amides is 1. The van der Waals surface area contributed by atoms with Crippen molar-refractivity contribution in [2.24, 2.45) is 0 Å². The smallest absolute Gasteiger partial charge is 0.276 e. The van der Waals surface area contributed by atoms with E-state index in [-0.39, 0.29) is 18.3 Å². The van der Waals surface area contributed by atoms with Crippen LogP contribution in [-0.4, -0.2) is 10.9 Å².